The van der Waals surface area contributed by atoms with Crippen LogP contribution in [-0.4, -0.2) is 41.8 Å². The molecule has 0 saturated carbocycles. The summed E-state index contributed by atoms with van der Waals surface area (Å²) in [6.07, 6.45) is 1.94. The number of piperidine rings is 3. The molecule has 2 bridgehead atoms. The molecule has 0 aliphatic carbocycles. The molecule has 3 aliphatic heterocycles. The Kier molecular flexibility index (Phi) is 5.64. The molecule has 5 heteroatoms. The Bertz CT molecular complexity index is 813. The first-order valence-electron chi connectivity index (χ1n) is 10.1. The molecule has 1 unspecified atom stereocenters. The molecule has 3 aliphatic rings. The van der Waals surface area contributed by atoms with Gasteiger partial charge in [-0.25, -0.2) is 4.79 Å². The van der Waals surface area contributed by atoms with E-state index in [4.69, 9.17) is 4.74 Å². The molecule has 2 aromatic carbocycles. The summed E-state index contributed by atoms with van der Waals surface area (Å²) in [5, 5.41) is 9.26. The van der Waals surface area contributed by atoms with Crippen LogP contribution >= 0.6 is 0 Å². The zero-order chi connectivity index (χ0) is 19.5. The number of aliphatic hydroxyl groups excluding tert-OH is 1. The van der Waals surface area contributed by atoms with Crippen LogP contribution in [0, 0.1) is 12.8 Å². The Morgan fingerprint density at radius 3 is 2.39 bits per heavy atom. The zero-order valence-corrected chi connectivity index (χ0v) is 16.4. The van der Waals surface area contributed by atoms with E-state index in [0.29, 0.717) is 12.5 Å². The first-order valence-corrected chi connectivity index (χ1v) is 10.1. The molecule has 148 valence electrons. The highest BCUT2D eigenvalue weighted by atomic mass is 16.6. The summed E-state index contributed by atoms with van der Waals surface area (Å²) in [7, 11) is 0. The van der Waals surface area contributed by atoms with Crippen molar-refractivity contribution in [2.24, 2.45) is 5.92 Å². The van der Waals surface area contributed by atoms with Crippen LogP contribution < -0.4 is 4.90 Å². The van der Waals surface area contributed by atoms with E-state index in [1.807, 2.05) is 55.5 Å². The molecule has 3 saturated heterocycles. The molecule has 0 radical (unpaired) electrons. The summed E-state index contributed by atoms with van der Waals surface area (Å²) in [4.78, 5) is 17.3. The second-order valence-electron chi connectivity index (χ2n) is 7.91. The van der Waals surface area contributed by atoms with Gasteiger partial charge in [-0.05, 0) is 61.5 Å². The summed E-state index contributed by atoms with van der Waals surface area (Å²) in [5.74, 6) is 0.483. The van der Waals surface area contributed by atoms with Gasteiger partial charge in [0, 0.05) is 6.54 Å². The lowest BCUT2D eigenvalue weighted by molar-refractivity contribution is -0.0311. The van der Waals surface area contributed by atoms with Gasteiger partial charge >= 0.3 is 6.09 Å². The molecule has 28 heavy (non-hydrogen) atoms. The molecule has 3 fully saturated rings. The molecule has 3 heterocycles. The van der Waals surface area contributed by atoms with Gasteiger partial charge in [-0.15, -0.1) is 0 Å². The minimum Gasteiger partial charge on any atom is -0.444 e. The largest absolute Gasteiger partial charge is 0.444 e. The Hall–Kier alpha value is -2.37. The van der Waals surface area contributed by atoms with Crippen molar-refractivity contribution in [3.8, 4) is 0 Å². The number of hydrogen-bond acceptors (Lipinski definition) is 4. The summed E-state index contributed by atoms with van der Waals surface area (Å²) in [5.41, 5.74) is 3.78. The van der Waals surface area contributed by atoms with E-state index in [9.17, 15) is 9.90 Å². The number of amides is 1. The fraction of sp³-hybridized carbons (Fsp3) is 0.435. The number of hydrogen-bond donors (Lipinski definition) is 1. The topological polar surface area (TPSA) is 53.0 Å². The van der Waals surface area contributed by atoms with Crippen LogP contribution in [0.2, 0.25) is 0 Å². The molecule has 1 N–H and O–H groups in total. The maximum atomic E-state index is 13.2. The number of carbonyl (C=O) groups excluding carboxylic acids is 1. The molecule has 0 aromatic heterocycles. The number of carbonyl (C=O) groups is 1. The van der Waals surface area contributed by atoms with Crippen molar-refractivity contribution in [2.75, 3.05) is 24.5 Å². The number of ether oxygens (including phenoxy) is 1. The van der Waals surface area contributed by atoms with E-state index < -0.39 is 0 Å². The number of fused-ring (bicyclic) bond motifs is 3. The predicted molar refractivity (Wildman–Crippen MR) is 109 cm³/mol. The number of nitrogens with zero attached hydrogens (tertiary/aromatic N) is 2. The summed E-state index contributed by atoms with van der Waals surface area (Å²) in [6.45, 7) is 5.57. The Labute approximate surface area is 166 Å². The quantitative estimate of drug-likeness (QED) is 0.859. The van der Waals surface area contributed by atoms with E-state index in [2.05, 4.69) is 4.90 Å². The monoisotopic (exact) mass is 380 g/mol. The summed E-state index contributed by atoms with van der Waals surface area (Å²) in [6, 6.07) is 15.6. The summed E-state index contributed by atoms with van der Waals surface area (Å²) >= 11 is 0. The molecular formula is C23H28N2O3. The van der Waals surface area contributed by atoms with E-state index >= 15 is 0 Å². The average molecular weight is 380 g/mol. The average Bonchev–Trinajstić information content (AvgIpc) is 2.74. The van der Waals surface area contributed by atoms with Gasteiger partial charge in [0.2, 0.25) is 0 Å². The molecule has 0 spiro atoms. The van der Waals surface area contributed by atoms with Gasteiger partial charge in [-0.1, -0.05) is 42.5 Å². The highest BCUT2D eigenvalue weighted by molar-refractivity contribution is 5.88. The van der Waals surface area contributed by atoms with Gasteiger partial charge < -0.3 is 9.84 Å². The lowest BCUT2D eigenvalue weighted by Gasteiger charge is -2.44. The minimum absolute atomic E-state index is 0.0155. The Balaban J connectivity index is 1.55. The number of rotatable bonds is 5. The van der Waals surface area contributed by atoms with Gasteiger partial charge in [0.15, 0.2) is 0 Å². The summed E-state index contributed by atoms with van der Waals surface area (Å²) < 4.78 is 6.02. The van der Waals surface area contributed by atoms with Gasteiger partial charge in [0.25, 0.3) is 0 Å². The third-order valence-corrected chi connectivity index (χ3v) is 6.02. The van der Waals surface area contributed by atoms with Gasteiger partial charge in [-0.3, -0.25) is 9.80 Å². The number of anilines is 1. The normalized spacial score (nSPS) is 23.4. The predicted octanol–water partition coefficient (Wildman–Crippen LogP) is 3.72. The van der Waals surface area contributed by atoms with Gasteiger partial charge in [0.05, 0.1) is 18.8 Å². The number of para-hydroxylation sites is 1. The zero-order valence-electron chi connectivity index (χ0n) is 16.4. The Morgan fingerprint density at radius 2 is 1.79 bits per heavy atom. The van der Waals surface area contributed by atoms with Crippen LogP contribution in [0.4, 0.5) is 10.5 Å². The number of aliphatic hydroxyl groups is 1. The molecule has 2 aromatic rings. The fourth-order valence-electron chi connectivity index (χ4n) is 4.28. The van der Waals surface area contributed by atoms with Crippen LogP contribution in [0.25, 0.3) is 0 Å². The first-order chi connectivity index (χ1) is 13.6. The smallest absolute Gasteiger partial charge is 0.414 e. The van der Waals surface area contributed by atoms with E-state index in [-0.39, 0.29) is 18.8 Å². The van der Waals surface area contributed by atoms with E-state index in [0.717, 1.165) is 54.9 Å². The second kappa shape index (κ2) is 8.33. The second-order valence-corrected chi connectivity index (χ2v) is 7.91. The number of benzene rings is 2. The van der Waals surface area contributed by atoms with Crippen molar-refractivity contribution in [2.45, 2.75) is 39.0 Å². The maximum absolute atomic E-state index is 13.2. The molecular weight excluding hydrogens is 352 g/mol. The molecule has 1 amide bonds. The third kappa shape index (κ3) is 4.05. The fourth-order valence-corrected chi connectivity index (χ4v) is 4.28. The van der Waals surface area contributed by atoms with Crippen molar-refractivity contribution in [1.29, 1.82) is 0 Å². The van der Waals surface area contributed by atoms with E-state index in [1.165, 1.54) is 0 Å². The molecule has 5 nitrogen and oxygen atoms in total. The standard InChI is InChI=1S/C23H28N2O3/c1-17-4-2-3-5-21(17)25(14-18-6-8-19(16-26)9-7-18)23(27)28-22-15-24-12-10-20(22)11-13-24/h2-9,20,22,26H,10-16H2,1H3. The van der Waals surface area contributed by atoms with Crippen molar-refractivity contribution in [1.82, 2.24) is 4.90 Å². The highest BCUT2D eigenvalue weighted by Gasteiger charge is 2.37. The minimum atomic E-state index is -0.278. The SMILES string of the molecule is Cc1ccccc1N(Cc1ccc(CO)cc1)C(=O)OC1CN2CCC1CC2. The van der Waals surface area contributed by atoms with Crippen LogP contribution in [0.3, 0.4) is 0 Å². The van der Waals surface area contributed by atoms with Crippen LogP contribution in [0.5, 0.6) is 0 Å². The van der Waals surface area contributed by atoms with Gasteiger partial charge in [0.1, 0.15) is 6.10 Å². The first kappa shape index (κ1) is 19.0. The van der Waals surface area contributed by atoms with Crippen LogP contribution in [0.1, 0.15) is 29.5 Å². The molecule has 1 atom stereocenters. The number of aryl methyl sites for hydroxylation is 1. The third-order valence-electron chi connectivity index (χ3n) is 6.02. The van der Waals surface area contributed by atoms with Crippen molar-refractivity contribution in [3.63, 3.8) is 0 Å². The maximum Gasteiger partial charge on any atom is 0.414 e. The Morgan fingerprint density at radius 1 is 1.11 bits per heavy atom. The van der Waals surface area contributed by atoms with Crippen molar-refractivity contribution in [3.05, 3.63) is 65.2 Å². The lowest BCUT2D eigenvalue weighted by Crippen LogP contribution is -2.53. The van der Waals surface area contributed by atoms with Crippen molar-refractivity contribution < 1.29 is 14.6 Å². The van der Waals surface area contributed by atoms with E-state index in [1.54, 1.807) is 4.90 Å². The lowest BCUT2D eigenvalue weighted by atomic mass is 9.86. The van der Waals surface area contributed by atoms with Gasteiger partial charge in [-0.2, -0.15) is 0 Å². The highest BCUT2D eigenvalue weighted by Crippen LogP contribution is 2.31. The van der Waals surface area contributed by atoms with Crippen molar-refractivity contribution >= 4 is 11.8 Å². The van der Waals surface area contributed by atoms with Crippen LogP contribution in [-0.2, 0) is 17.9 Å². The van der Waals surface area contributed by atoms with Crippen LogP contribution in [0.15, 0.2) is 48.5 Å². The molecule has 5 rings (SSSR count).